The molecule has 4 heteroatoms. The first kappa shape index (κ1) is 18.3. The van der Waals surface area contributed by atoms with E-state index in [0.29, 0.717) is 17.2 Å². The third-order valence-electron chi connectivity index (χ3n) is 6.32. The first-order valence-corrected chi connectivity index (χ1v) is 10.6. The van der Waals surface area contributed by atoms with Crippen molar-refractivity contribution in [2.45, 2.75) is 64.3 Å². The predicted octanol–water partition coefficient (Wildman–Crippen LogP) is 4.22. The number of carbonyl (C=O) groups excluding carboxylic acids is 2. The Labute approximate surface area is 162 Å². The quantitative estimate of drug-likeness (QED) is 0.594. The fraction of sp³-hybridized carbons (Fsp3) is 0.565. The summed E-state index contributed by atoms with van der Waals surface area (Å²) >= 11 is 0. The smallest absolute Gasteiger partial charge is 0.278 e. The Hall–Kier alpha value is -2.10. The van der Waals surface area contributed by atoms with Gasteiger partial charge in [-0.1, -0.05) is 62.9 Å². The topological polar surface area (TPSA) is 40.6 Å². The van der Waals surface area contributed by atoms with E-state index < -0.39 is 0 Å². The zero-order valence-electron chi connectivity index (χ0n) is 16.3. The van der Waals surface area contributed by atoms with E-state index in [4.69, 9.17) is 0 Å². The van der Waals surface area contributed by atoms with Crippen molar-refractivity contribution in [1.29, 1.82) is 0 Å². The van der Waals surface area contributed by atoms with Gasteiger partial charge in [-0.25, -0.2) is 0 Å². The molecule has 2 heterocycles. The zero-order valence-corrected chi connectivity index (χ0v) is 16.3. The Bertz CT molecular complexity index is 732. The van der Waals surface area contributed by atoms with Crippen LogP contribution in [0, 0.1) is 5.92 Å². The number of hydrogen-bond acceptors (Lipinski definition) is 3. The summed E-state index contributed by atoms with van der Waals surface area (Å²) in [6.45, 7) is 3.97. The monoisotopic (exact) mass is 366 g/mol. The maximum absolute atomic E-state index is 13.5. The summed E-state index contributed by atoms with van der Waals surface area (Å²) in [5.74, 6) is 0.421. The zero-order chi connectivity index (χ0) is 18.8. The van der Waals surface area contributed by atoms with Crippen LogP contribution in [0.4, 0.5) is 0 Å². The third kappa shape index (κ3) is 3.54. The molecule has 2 aliphatic heterocycles. The normalized spacial score (nSPS) is 25.3. The lowest BCUT2D eigenvalue weighted by Gasteiger charge is -2.34. The number of benzene rings is 1. The average Bonchev–Trinajstić information content (AvgIpc) is 2.84. The standard InChI is InChI=1S/C23H30N2O2/c1-17-10-9-15-24(16-17)21-20(18-11-5-4-6-12-18)22(26)25(23(21)27)19-13-7-2-3-8-14-19/h4-6,11-12,17,19H,2-3,7-10,13-16H2,1H3. The molecule has 1 aliphatic carbocycles. The highest BCUT2D eigenvalue weighted by molar-refractivity contribution is 6.35. The van der Waals surface area contributed by atoms with Crippen molar-refractivity contribution in [3.63, 3.8) is 0 Å². The molecule has 144 valence electrons. The van der Waals surface area contributed by atoms with E-state index >= 15 is 0 Å². The van der Waals surface area contributed by atoms with E-state index in [0.717, 1.165) is 50.8 Å². The van der Waals surface area contributed by atoms with Gasteiger partial charge in [-0.15, -0.1) is 0 Å². The second-order valence-electron chi connectivity index (χ2n) is 8.41. The van der Waals surface area contributed by atoms with E-state index in [1.807, 2.05) is 30.3 Å². The van der Waals surface area contributed by atoms with Crippen molar-refractivity contribution in [3.05, 3.63) is 41.6 Å². The number of amides is 2. The number of likely N-dealkylation sites (tertiary alicyclic amines) is 1. The van der Waals surface area contributed by atoms with Gasteiger partial charge in [0.25, 0.3) is 11.8 Å². The lowest BCUT2D eigenvalue weighted by molar-refractivity contribution is -0.140. The third-order valence-corrected chi connectivity index (χ3v) is 6.32. The minimum Gasteiger partial charge on any atom is -0.366 e. The van der Waals surface area contributed by atoms with E-state index in [9.17, 15) is 9.59 Å². The average molecular weight is 367 g/mol. The molecule has 1 saturated carbocycles. The maximum Gasteiger partial charge on any atom is 0.278 e. The van der Waals surface area contributed by atoms with Crippen molar-refractivity contribution in [1.82, 2.24) is 9.80 Å². The van der Waals surface area contributed by atoms with E-state index in [1.165, 1.54) is 19.3 Å². The molecule has 0 radical (unpaired) electrons. The molecule has 0 spiro atoms. The molecule has 1 aromatic carbocycles. The summed E-state index contributed by atoms with van der Waals surface area (Å²) in [6, 6.07) is 9.84. The number of imide groups is 1. The molecule has 1 unspecified atom stereocenters. The highest BCUT2D eigenvalue weighted by Gasteiger charge is 2.45. The van der Waals surface area contributed by atoms with E-state index in [1.54, 1.807) is 4.90 Å². The first-order valence-electron chi connectivity index (χ1n) is 10.6. The van der Waals surface area contributed by atoms with Gasteiger partial charge in [0, 0.05) is 19.1 Å². The second-order valence-corrected chi connectivity index (χ2v) is 8.41. The Kier molecular flexibility index (Phi) is 5.33. The SMILES string of the molecule is CC1CCCN(C2=C(c3ccccc3)C(=O)N(C3CCCCCC3)C2=O)C1. The first-order chi connectivity index (χ1) is 13.2. The van der Waals surface area contributed by atoms with Crippen LogP contribution in [-0.4, -0.2) is 40.7 Å². The van der Waals surface area contributed by atoms with Crippen molar-refractivity contribution in [2.75, 3.05) is 13.1 Å². The molecule has 0 bridgehead atoms. The van der Waals surface area contributed by atoms with Gasteiger partial charge in [-0.05, 0) is 37.2 Å². The van der Waals surface area contributed by atoms with Crippen LogP contribution in [0.3, 0.4) is 0 Å². The molecular weight excluding hydrogens is 336 g/mol. The molecule has 4 nitrogen and oxygen atoms in total. The van der Waals surface area contributed by atoms with Crippen LogP contribution in [-0.2, 0) is 9.59 Å². The molecule has 2 amide bonds. The lowest BCUT2D eigenvalue weighted by Crippen LogP contribution is -2.43. The van der Waals surface area contributed by atoms with Crippen LogP contribution in [0.15, 0.2) is 36.0 Å². The molecule has 1 saturated heterocycles. The van der Waals surface area contributed by atoms with Crippen LogP contribution >= 0.6 is 0 Å². The van der Waals surface area contributed by atoms with Gasteiger partial charge in [0.2, 0.25) is 0 Å². The van der Waals surface area contributed by atoms with Crippen molar-refractivity contribution in [2.24, 2.45) is 5.92 Å². The van der Waals surface area contributed by atoms with Crippen molar-refractivity contribution >= 4 is 17.4 Å². The highest BCUT2D eigenvalue weighted by atomic mass is 16.2. The molecule has 2 fully saturated rings. The molecule has 27 heavy (non-hydrogen) atoms. The summed E-state index contributed by atoms with van der Waals surface area (Å²) < 4.78 is 0. The molecule has 1 atom stereocenters. The van der Waals surface area contributed by atoms with Gasteiger partial charge in [-0.3, -0.25) is 14.5 Å². The maximum atomic E-state index is 13.5. The van der Waals surface area contributed by atoms with Crippen LogP contribution in [0.1, 0.15) is 63.9 Å². The molecular formula is C23H30N2O2. The fourth-order valence-electron chi connectivity index (χ4n) is 4.93. The Morgan fingerprint density at radius 2 is 1.56 bits per heavy atom. The van der Waals surface area contributed by atoms with Crippen LogP contribution < -0.4 is 0 Å². The number of rotatable bonds is 3. The molecule has 0 N–H and O–H groups in total. The summed E-state index contributed by atoms with van der Waals surface area (Å²) in [5, 5.41) is 0. The van der Waals surface area contributed by atoms with E-state index in [-0.39, 0.29) is 17.9 Å². The number of carbonyl (C=O) groups is 2. The van der Waals surface area contributed by atoms with Gasteiger partial charge in [0.1, 0.15) is 5.70 Å². The number of hydrogen-bond donors (Lipinski definition) is 0. The van der Waals surface area contributed by atoms with Crippen molar-refractivity contribution in [3.8, 4) is 0 Å². The summed E-state index contributed by atoms with van der Waals surface area (Å²) in [7, 11) is 0. The van der Waals surface area contributed by atoms with Crippen molar-refractivity contribution < 1.29 is 9.59 Å². The van der Waals surface area contributed by atoms with Gasteiger partial charge < -0.3 is 4.90 Å². The summed E-state index contributed by atoms with van der Waals surface area (Å²) in [5.41, 5.74) is 2.15. The molecule has 1 aromatic rings. The van der Waals surface area contributed by atoms with Crippen LogP contribution in [0.5, 0.6) is 0 Å². The molecule has 3 aliphatic rings. The minimum absolute atomic E-state index is 0.0557. The molecule has 0 aromatic heterocycles. The lowest BCUT2D eigenvalue weighted by atomic mass is 9.98. The predicted molar refractivity (Wildman–Crippen MR) is 107 cm³/mol. The number of piperidine rings is 1. The molecule has 4 rings (SSSR count). The van der Waals surface area contributed by atoms with Crippen LogP contribution in [0.2, 0.25) is 0 Å². The largest absolute Gasteiger partial charge is 0.366 e. The second kappa shape index (κ2) is 7.87. The van der Waals surface area contributed by atoms with Gasteiger partial charge in [-0.2, -0.15) is 0 Å². The van der Waals surface area contributed by atoms with Gasteiger partial charge >= 0.3 is 0 Å². The highest BCUT2D eigenvalue weighted by Crippen LogP contribution is 2.37. The fourth-order valence-corrected chi connectivity index (χ4v) is 4.93. The number of nitrogens with zero attached hydrogens (tertiary/aromatic N) is 2. The Balaban J connectivity index is 1.73. The Morgan fingerprint density at radius 3 is 2.22 bits per heavy atom. The summed E-state index contributed by atoms with van der Waals surface area (Å²) in [4.78, 5) is 30.8. The van der Waals surface area contributed by atoms with Gasteiger partial charge in [0.15, 0.2) is 0 Å². The Morgan fingerprint density at radius 1 is 0.852 bits per heavy atom. The van der Waals surface area contributed by atoms with E-state index in [2.05, 4.69) is 11.8 Å². The van der Waals surface area contributed by atoms with Crippen LogP contribution in [0.25, 0.3) is 5.57 Å². The minimum atomic E-state index is -0.0775. The van der Waals surface area contributed by atoms with Gasteiger partial charge in [0.05, 0.1) is 5.57 Å². The summed E-state index contributed by atoms with van der Waals surface area (Å²) in [6.07, 6.45) is 8.81.